The molecule has 2 saturated heterocycles. The maximum absolute atomic E-state index is 15.1. The van der Waals surface area contributed by atoms with Crippen molar-refractivity contribution in [1.29, 1.82) is 0 Å². The van der Waals surface area contributed by atoms with Gasteiger partial charge in [-0.1, -0.05) is 12.1 Å². The Bertz CT molecular complexity index is 914. The van der Waals surface area contributed by atoms with Crippen LogP contribution in [0.1, 0.15) is 59.3 Å². The van der Waals surface area contributed by atoms with Crippen molar-refractivity contribution in [1.82, 2.24) is 9.80 Å². The molecular formula is C25H33FN2O2S. The molecular weight excluding hydrogens is 411 g/mol. The van der Waals surface area contributed by atoms with E-state index in [-0.39, 0.29) is 23.7 Å². The first-order valence-corrected chi connectivity index (χ1v) is 12.2. The summed E-state index contributed by atoms with van der Waals surface area (Å²) in [5, 5.41) is 0. The number of thiophene rings is 1. The average Bonchev–Trinajstić information content (AvgIpc) is 3.44. The average molecular weight is 445 g/mol. The lowest BCUT2D eigenvalue weighted by molar-refractivity contribution is 0.0673. The fourth-order valence-electron chi connectivity index (χ4n) is 4.78. The number of ether oxygens (including phenoxy) is 1. The minimum atomic E-state index is -0.125. The van der Waals surface area contributed by atoms with Crippen molar-refractivity contribution in [3.8, 4) is 10.4 Å². The van der Waals surface area contributed by atoms with Crippen molar-refractivity contribution in [3.05, 3.63) is 46.1 Å². The van der Waals surface area contributed by atoms with Crippen molar-refractivity contribution in [2.24, 2.45) is 0 Å². The maximum Gasteiger partial charge on any atom is 0.264 e. The maximum atomic E-state index is 15.1. The molecule has 0 aliphatic carbocycles. The van der Waals surface area contributed by atoms with E-state index in [1.54, 1.807) is 13.2 Å². The molecule has 2 aromatic rings. The monoisotopic (exact) mass is 444 g/mol. The van der Waals surface area contributed by atoms with E-state index < -0.39 is 0 Å². The van der Waals surface area contributed by atoms with Gasteiger partial charge in [-0.05, 0) is 87.4 Å². The van der Waals surface area contributed by atoms with Gasteiger partial charge in [0.2, 0.25) is 0 Å². The molecule has 168 valence electrons. The third-order valence-corrected chi connectivity index (χ3v) is 8.01. The summed E-state index contributed by atoms with van der Waals surface area (Å²) in [7, 11) is 1.74. The van der Waals surface area contributed by atoms with Crippen molar-refractivity contribution in [3.63, 3.8) is 0 Å². The molecule has 0 bridgehead atoms. The van der Waals surface area contributed by atoms with E-state index in [0.717, 1.165) is 84.9 Å². The molecule has 31 heavy (non-hydrogen) atoms. The zero-order valence-electron chi connectivity index (χ0n) is 18.8. The van der Waals surface area contributed by atoms with E-state index in [2.05, 4.69) is 11.8 Å². The Hall–Kier alpha value is -1.76. The van der Waals surface area contributed by atoms with Gasteiger partial charge in [0.25, 0.3) is 5.91 Å². The van der Waals surface area contributed by atoms with E-state index >= 15 is 4.39 Å². The Balaban J connectivity index is 1.45. The highest BCUT2D eigenvalue weighted by Crippen LogP contribution is 2.36. The van der Waals surface area contributed by atoms with Crippen molar-refractivity contribution in [2.75, 3.05) is 39.8 Å². The predicted octanol–water partition coefficient (Wildman–Crippen LogP) is 5.31. The number of likely N-dealkylation sites (tertiary alicyclic amines) is 2. The molecule has 4 nitrogen and oxygen atoms in total. The van der Waals surface area contributed by atoms with Crippen LogP contribution in [0.25, 0.3) is 10.4 Å². The van der Waals surface area contributed by atoms with Gasteiger partial charge in [0.05, 0.1) is 11.0 Å². The van der Waals surface area contributed by atoms with Crippen LogP contribution >= 0.6 is 11.3 Å². The quantitative estimate of drug-likeness (QED) is 0.605. The molecule has 1 aromatic heterocycles. The third kappa shape index (κ3) is 5.02. The van der Waals surface area contributed by atoms with Crippen LogP contribution < -0.4 is 0 Å². The summed E-state index contributed by atoms with van der Waals surface area (Å²) in [6.07, 6.45) is 4.34. The van der Waals surface area contributed by atoms with Crippen LogP contribution in [-0.2, 0) is 4.74 Å². The summed E-state index contributed by atoms with van der Waals surface area (Å²) in [4.78, 5) is 18.9. The highest BCUT2D eigenvalue weighted by Gasteiger charge is 2.25. The van der Waals surface area contributed by atoms with Gasteiger partial charge in [0.15, 0.2) is 0 Å². The predicted molar refractivity (Wildman–Crippen MR) is 124 cm³/mol. The number of halogens is 1. The zero-order chi connectivity index (χ0) is 22.0. The second kappa shape index (κ2) is 9.80. The van der Waals surface area contributed by atoms with E-state index in [0.29, 0.717) is 0 Å². The number of carbonyl (C=O) groups excluding carboxylic acids is 1. The number of benzene rings is 1. The van der Waals surface area contributed by atoms with Crippen molar-refractivity contribution >= 4 is 17.2 Å². The number of nitrogens with zero attached hydrogens (tertiary/aromatic N) is 2. The van der Waals surface area contributed by atoms with Crippen LogP contribution in [0.4, 0.5) is 4.39 Å². The van der Waals surface area contributed by atoms with Crippen LogP contribution in [-0.4, -0.2) is 61.6 Å². The Kier molecular flexibility index (Phi) is 7.09. The highest BCUT2D eigenvalue weighted by molar-refractivity contribution is 7.17. The van der Waals surface area contributed by atoms with E-state index in [1.165, 1.54) is 11.3 Å². The van der Waals surface area contributed by atoms with Gasteiger partial charge >= 0.3 is 0 Å². The largest absolute Gasteiger partial charge is 0.380 e. The van der Waals surface area contributed by atoms with E-state index in [4.69, 9.17) is 4.74 Å². The number of piperidine rings is 1. The van der Waals surface area contributed by atoms with E-state index in [1.807, 2.05) is 30.0 Å². The smallest absolute Gasteiger partial charge is 0.264 e. The Morgan fingerprint density at radius 1 is 1.19 bits per heavy atom. The number of hydrogen-bond donors (Lipinski definition) is 0. The summed E-state index contributed by atoms with van der Waals surface area (Å²) in [6.45, 7) is 8.64. The first kappa shape index (κ1) is 22.4. The number of carbonyl (C=O) groups is 1. The summed E-state index contributed by atoms with van der Waals surface area (Å²) in [5.41, 5.74) is 2.67. The molecule has 0 saturated carbocycles. The second-order valence-electron chi connectivity index (χ2n) is 8.98. The summed E-state index contributed by atoms with van der Waals surface area (Å²) in [6, 6.07) is 7.66. The molecule has 1 aromatic carbocycles. The molecule has 2 fully saturated rings. The van der Waals surface area contributed by atoms with Gasteiger partial charge in [0.1, 0.15) is 5.82 Å². The SMILES string of the molecule is COC(C)CN1CCC(c2ccc(-c3cc(C)c(C(=O)N4CCCC4)s3)cc2F)CC1. The van der Waals surface area contributed by atoms with Gasteiger partial charge in [-0.2, -0.15) is 0 Å². The van der Waals surface area contributed by atoms with E-state index in [9.17, 15) is 4.79 Å². The van der Waals surface area contributed by atoms with Crippen LogP contribution in [0.5, 0.6) is 0 Å². The number of hydrogen-bond acceptors (Lipinski definition) is 4. The number of amides is 1. The number of methoxy groups -OCH3 is 1. The molecule has 1 atom stereocenters. The second-order valence-corrected chi connectivity index (χ2v) is 10.0. The van der Waals surface area contributed by atoms with Crippen LogP contribution in [0, 0.1) is 12.7 Å². The number of aryl methyl sites for hydroxylation is 1. The minimum absolute atomic E-state index is 0.123. The molecule has 0 spiro atoms. The zero-order valence-corrected chi connectivity index (χ0v) is 19.6. The summed E-state index contributed by atoms with van der Waals surface area (Å²) in [5.74, 6) is 0.262. The lowest BCUT2D eigenvalue weighted by atomic mass is 9.88. The Labute approximate surface area is 189 Å². The molecule has 6 heteroatoms. The first-order valence-electron chi connectivity index (χ1n) is 11.4. The molecule has 3 heterocycles. The van der Waals surface area contributed by atoms with Gasteiger partial charge in [-0.25, -0.2) is 4.39 Å². The van der Waals surface area contributed by atoms with Crippen LogP contribution in [0.2, 0.25) is 0 Å². The topological polar surface area (TPSA) is 32.8 Å². The lowest BCUT2D eigenvalue weighted by Gasteiger charge is -2.33. The summed E-state index contributed by atoms with van der Waals surface area (Å²) >= 11 is 1.49. The lowest BCUT2D eigenvalue weighted by Crippen LogP contribution is -2.38. The highest BCUT2D eigenvalue weighted by atomic mass is 32.1. The van der Waals surface area contributed by atoms with Gasteiger partial charge < -0.3 is 14.5 Å². The Morgan fingerprint density at radius 2 is 1.90 bits per heavy atom. The van der Waals surface area contributed by atoms with Crippen LogP contribution in [0.3, 0.4) is 0 Å². The minimum Gasteiger partial charge on any atom is -0.380 e. The molecule has 2 aliphatic heterocycles. The van der Waals surface area contributed by atoms with Gasteiger partial charge in [-0.3, -0.25) is 4.79 Å². The molecule has 1 unspecified atom stereocenters. The normalized spacial score (nSPS) is 19.2. The van der Waals surface area contributed by atoms with Gasteiger partial charge in [-0.15, -0.1) is 11.3 Å². The molecule has 0 radical (unpaired) electrons. The molecule has 4 rings (SSSR count). The van der Waals surface area contributed by atoms with Gasteiger partial charge in [0, 0.05) is 31.6 Å². The van der Waals surface area contributed by atoms with Crippen molar-refractivity contribution < 1.29 is 13.9 Å². The van der Waals surface area contributed by atoms with Crippen LogP contribution in [0.15, 0.2) is 24.3 Å². The fourth-order valence-corrected chi connectivity index (χ4v) is 5.91. The third-order valence-electron chi connectivity index (χ3n) is 6.74. The molecule has 0 N–H and O–H groups in total. The standard InChI is InChI=1S/C25H33FN2O2S/c1-17-14-23(31-24(17)25(29)28-10-4-5-11-28)20-6-7-21(22(26)15-20)19-8-12-27(13-9-19)16-18(2)30-3/h6-7,14-15,18-19H,4-5,8-13,16H2,1-3H3. The first-order chi connectivity index (χ1) is 15.0. The molecule has 2 aliphatic rings. The number of rotatable bonds is 6. The fraction of sp³-hybridized carbons (Fsp3) is 0.560. The molecule has 1 amide bonds. The Morgan fingerprint density at radius 3 is 2.55 bits per heavy atom. The summed E-state index contributed by atoms with van der Waals surface area (Å²) < 4.78 is 20.5. The van der Waals surface area contributed by atoms with Crippen molar-refractivity contribution in [2.45, 2.75) is 51.6 Å².